The molecule has 0 saturated heterocycles. The van der Waals surface area contributed by atoms with Gasteiger partial charge in [-0.1, -0.05) is 13.0 Å². The summed E-state index contributed by atoms with van der Waals surface area (Å²) in [7, 11) is 1.77. The Balaban J connectivity index is 3.18. The van der Waals surface area contributed by atoms with Crippen molar-refractivity contribution in [3.8, 4) is 0 Å². The van der Waals surface area contributed by atoms with Crippen molar-refractivity contribution >= 4 is 5.69 Å². The minimum Gasteiger partial charge on any atom is -0.392 e. The third-order valence-electron chi connectivity index (χ3n) is 3.23. The van der Waals surface area contributed by atoms with E-state index in [2.05, 4.69) is 0 Å². The van der Waals surface area contributed by atoms with Gasteiger partial charge in [-0.15, -0.1) is 0 Å². The molecule has 1 aromatic carbocycles. The highest BCUT2D eigenvalue weighted by Crippen LogP contribution is 2.34. The second kappa shape index (κ2) is 5.61. The Hall–Kier alpha value is -1.23. The Bertz CT molecular complexity index is 404. The van der Waals surface area contributed by atoms with E-state index in [4.69, 9.17) is 5.11 Å². The van der Waals surface area contributed by atoms with Crippen molar-refractivity contribution in [2.45, 2.75) is 39.1 Å². The molecule has 0 spiro atoms. The summed E-state index contributed by atoms with van der Waals surface area (Å²) in [5, 5.41) is 8.95. The Morgan fingerprint density at radius 1 is 1.33 bits per heavy atom. The molecule has 0 aliphatic rings. The minimum atomic E-state index is -4.44. The lowest BCUT2D eigenvalue weighted by Crippen LogP contribution is -2.28. The smallest absolute Gasteiger partial charge is 0.392 e. The van der Waals surface area contributed by atoms with E-state index in [1.807, 2.05) is 13.8 Å². The summed E-state index contributed by atoms with van der Waals surface area (Å²) in [6.45, 7) is 3.32. The van der Waals surface area contributed by atoms with Gasteiger partial charge in [0.25, 0.3) is 0 Å². The van der Waals surface area contributed by atoms with Crippen LogP contribution in [0.2, 0.25) is 0 Å². The molecule has 1 aromatic rings. The fraction of sp³-hybridized carbons (Fsp3) is 0.538. The number of aliphatic hydroxyl groups is 1. The van der Waals surface area contributed by atoms with Crippen LogP contribution in [0.1, 0.15) is 31.4 Å². The van der Waals surface area contributed by atoms with Crippen LogP contribution in [0.4, 0.5) is 18.9 Å². The molecule has 1 unspecified atom stereocenters. The minimum absolute atomic E-state index is 0.0937. The number of nitrogens with zero attached hydrogens (tertiary/aromatic N) is 1. The molecule has 18 heavy (non-hydrogen) atoms. The molecule has 1 N–H and O–H groups in total. The van der Waals surface area contributed by atoms with Gasteiger partial charge in [0.05, 0.1) is 12.2 Å². The Morgan fingerprint density at radius 3 is 2.39 bits per heavy atom. The Morgan fingerprint density at radius 2 is 1.94 bits per heavy atom. The van der Waals surface area contributed by atoms with E-state index in [1.165, 1.54) is 6.07 Å². The highest BCUT2D eigenvalue weighted by atomic mass is 19.4. The lowest BCUT2D eigenvalue weighted by molar-refractivity contribution is -0.138. The first-order valence-electron chi connectivity index (χ1n) is 5.85. The predicted octanol–water partition coefficient (Wildman–Crippen LogP) is 3.43. The van der Waals surface area contributed by atoms with Crippen LogP contribution >= 0.6 is 0 Å². The maximum absolute atomic E-state index is 12.8. The van der Waals surface area contributed by atoms with E-state index in [-0.39, 0.29) is 11.6 Å². The summed E-state index contributed by atoms with van der Waals surface area (Å²) >= 11 is 0. The summed E-state index contributed by atoms with van der Waals surface area (Å²) in [6.07, 6.45) is -3.59. The predicted molar refractivity (Wildman–Crippen MR) is 65.5 cm³/mol. The maximum Gasteiger partial charge on any atom is 0.416 e. The van der Waals surface area contributed by atoms with Gasteiger partial charge < -0.3 is 10.0 Å². The summed E-state index contributed by atoms with van der Waals surface area (Å²) in [5.41, 5.74) is -0.352. The van der Waals surface area contributed by atoms with Gasteiger partial charge in [-0.3, -0.25) is 0 Å². The number of anilines is 1. The highest BCUT2D eigenvalue weighted by molar-refractivity contribution is 5.52. The average molecular weight is 261 g/mol. The van der Waals surface area contributed by atoms with Crippen LogP contribution in [-0.2, 0) is 12.8 Å². The van der Waals surface area contributed by atoms with E-state index in [1.54, 1.807) is 18.0 Å². The average Bonchev–Trinajstić information content (AvgIpc) is 2.35. The van der Waals surface area contributed by atoms with E-state index >= 15 is 0 Å². The molecule has 0 aromatic heterocycles. The van der Waals surface area contributed by atoms with Gasteiger partial charge in [0.1, 0.15) is 0 Å². The normalized spacial score (nSPS) is 13.5. The van der Waals surface area contributed by atoms with Crippen LogP contribution in [0.15, 0.2) is 18.2 Å². The first-order valence-corrected chi connectivity index (χ1v) is 5.85. The molecule has 102 valence electrons. The lowest BCUT2D eigenvalue weighted by Gasteiger charge is -2.27. The van der Waals surface area contributed by atoms with Gasteiger partial charge in [0.2, 0.25) is 0 Å². The van der Waals surface area contributed by atoms with Gasteiger partial charge in [-0.25, -0.2) is 0 Å². The van der Waals surface area contributed by atoms with E-state index in [9.17, 15) is 13.2 Å². The lowest BCUT2D eigenvalue weighted by atomic mass is 10.1. The Kier molecular flexibility index (Phi) is 4.62. The monoisotopic (exact) mass is 261 g/mol. The molecule has 0 bridgehead atoms. The molecule has 0 fully saturated rings. The largest absolute Gasteiger partial charge is 0.416 e. The molecule has 2 nitrogen and oxygen atoms in total. The van der Waals surface area contributed by atoms with Crippen LogP contribution in [0.5, 0.6) is 0 Å². The zero-order chi connectivity index (χ0) is 13.9. The number of rotatable bonds is 4. The Labute approximate surface area is 105 Å². The molecule has 0 aliphatic heterocycles. The topological polar surface area (TPSA) is 23.5 Å². The van der Waals surface area contributed by atoms with Crippen molar-refractivity contribution in [2.24, 2.45) is 0 Å². The third-order valence-corrected chi connectivity index (χ3v) is 3.23. The highest BCUT2D eigenvalue weighted by Gasteiger charge is 2.33. The molecule has 0 saturated carbocycles. The fourth-order valence-electron chi connectivity index (χ4n) is 1.71. The van der Waals surface area contributed by atoms with Crippen LogP contribution in [0.3, 0.4) is 0 Å². The van der Waals surface area contributed by atoms with Crippen molar-refractivity contribution in [1.29, 1.82) is 0 Å². The van der Waals surface area contributed by atoms with Crippen LogP contribution in [-0.4, -0.2) is 18.2 Å². The van der Waals surface area contributed by atoms with Crippen molar-refractivity contribution in [2.75, 3.05) is 11.9 Å². The molecule has 1 atom stereocenters. The molecule has 0 amide bonds. The number of hydrogen-bond acceptors (Lipinski definition) is 2. The van der Waals surface area contributed by atoms with E-state index < -0.39 is 18.3 Å². The van der Waals surface area contributed by atoms with Crippen molar-refractivity contribution in [1.82, 2.24) is 0 Å². The van der Waals surface area contributed by atoms with Crippen LogP contribution in [0, 0.1) is 0 Å². The molecule has 1 rings (SSSR count). The second-order valence-corrected chi connectivity index (χ2v) is 4.37. The quantitative estimate of drug-likeness (QED) is 0.897. The van der Waals surface area contributed by atoms with Crippen molar-refractivity contribution in [3.63, 3.8) is 0 Å². The first kappa shape index (κ1) is 14.8. The van der Waals surface area contributed by atoms with E-state index in [0.717, 1.165) is 12.5 Å². The summed E-state index contributed by atoms with van der Waals surface area (Å²) in [6, 6.07) is 4.19. The number of hydrogen-bond donors (Lipinski definition) is 1. The van der Waals surface area contributed by atoms with Gasteiger partial charge in [-0.05, 0) is 31.0 Å². The zero-order valence-corrected chi connectivity index (χ0v) is 10.8. The number of halogens is 3. The molecule has 0 aliphatic carbocycles. The molecule has 5 heteroatoms. The molecular formula is C13H18F3NO. The molecule has 0 heterocycles. The summed E-state index contributed by atoms with van der Waals surface area (Å²) in [4.78, 5) is 1.80. The zero-order valence-electron chi connectivity index (χ0n) is 10.8. The number of alkyl halides is 3. The molecular weight excluding hydrogens is 243 g/mol. The SMILES string of the molecule is CCC(C)N(C)c1ccc(CO)c(C(F)(F)F)c1. The second-order valence-electron chi connectivity index (χ2n) is 4.37. The van der Waals surface area contributed by atoms with Gasteiger partial charge in [-0.2, -0.15) is 13.2 Å². The number of aliphatic hydroxyl groups excluding tert-OH is 1. The van der Waals surface area contributed by atoms with Crippen LogP contribution in [0.25, 0.3) is 0 Å². The fourth-order valence-corrected chi connectivity index (χ4v) is 1.71. The van der Waals surface area contributed by atoms with Gasteiger partial charge in [0.15, 0.2) is 0 Å². The first-order chi connectivity index (χ1) is 8.31. The van der Waals surface area contributed by atoms with Gasteiger partial charge >= 0.3 is 6.18 Å². The third kappa shape index (κ3) is 3.16. The maximum atomic E-state index is 12.8. The van der Waals surface area contributed by atoms with Crippen molar-refractivity contribution < 1.29 is 18.3 Å². The summed E-state index contributed by atoms with van der Waals surface area (Å²) in [5.74, 6) is 0. The van der Waals surface area contributed by atoms with Crippen LogP contribution < -0.4 is 4.90 Å². The standard InChI is InChI=1S/C13H18F3NO/c1-4-9(2)17(3)11-6-5-10(8-18)12(7-11)13(14,15)16/h5-7,9,18H,4,8H2,1-3H3. The summed E-state index contributed by atoms with van der Waals surface area (Å²) < 4.78 is 38.5. The van der Waals surface area contributed by atoms with Gasteiger partial charge in [0, 0.05) is 18.8 Å². The van der Waals surface area contributed by atoms with Crippen molar-refractivity contribution in [3.05, 3.63) is 29.3 Å². The van der Waals surface area contributed by atoms with E-state index in [0.29, 0.717) is 5.69 Å². The number of benzene rings is 1. The molecule has 0 radical (unpaired) electrons.